The molecule has 2 aromatic rings. The van der Waals surface area contributed by atoms with Gasteiger partial charge in [0.1, 0.15) is 0 Å². The molecule has 1 aliphatic rings. The maximum Gasteiger partial charge on any atom is 0.293 e. The Bertz CT molecular complexity index is 761. The van der Waals surface area contributed by atoms with Crippen molar-refractivity contribution in [1.82, 2.24) is 9.47 Å². The number of thioether (sulfide) groups is 1. The molecular weight excluding hydrogens is 284 g/mol. The van der Waals surface area contributed by atoms with Gasteiger partial charge in [-0.15, -0.1) is 0 Å². The summed E-state index contributed by atoms with van der Waals surface area (Å²) in [7, 11) is 0. The second kappa shape index (κ2) is 5.41. The molecule has 4 nitrogen and oxygen atoms in total. The average molecular weight is 300 g/mol. The van der Waals surface area contributed by atoms with E-state index in [1.165, 1.54) is 4.90 Å². The fourth-order valence-electron chi connectivity index (χ4n) is 2.57. The first-order valence-electron chi connectivity index (χ1n) is 6.99. The van der Waals surface area contributed by atoms with Crippen LogP contribution in [0.1, 0.15) is 19.4 Å². The Morgan fingerprint density at radius 2 is 1.90 bits per heavy atom. The molecule has 0 unspecified atom stereocenters. The van der Waals surface area contributed by atoms with Crippen LogP contribution in [-0.4, -0.2) is 27.2 Å². The van der Waals surface area contributed by atoms with Gasteiger partial charge in [0, 0.05) is 35.8 Å². The smallest absolute Gasteiger partial charge is 0.293 e. The Labute approximate surface area is 127 Å². The van der Waals surface area contributed by atoms with Gasteiger partial charge >= 0.3 is 0 Å². The molecule has 1 aromatic heterocycles. The summed E-state index contributed by atoms with van der Waals surface area (Å²) in [6.07, 6.45) is 3.86. The number of rotatable bonds is 3. The average Bonchev–Trinajstić information content (AvgIpc) is 2.98. The van der Waals surface area contributed by atoms with Gasteiger partial charge in [-0.1, -0.05) is 18.2 Å². The molecule has 1 saturated heterocycles. The van der Waals surface area contributed by atoms with E-state index in [2.05, 4.69) is 17.6 Å². The van der Waals surface area contributed by atoms with Crippen LogP contribution in [0.25, 0.3) is 17.0 Å². The summed E-state index contributed by atoms with van der Waals surface area (Å²) in [6.45, 7) is 5.17. The normalized spacial score (nSPS) is 17.4. The molecule has 0 bridgehead atoms. The number of fused-ring (bicyclic) bond motifs is 1. The highest BCUT2D eigenvalue weighted by Gasteiger charge is 2.33. The topological polar surface area (TPSA) is 42.3 Å². The van der Waals surface area contributed by atoms with Crippen molar-refractivity contribution in [2.75, 3.05) is 6.54 Å². The van der Waals surface area contributed by atoms with Gasteiger partial charge in [-0.25, -0.2) is 0 Å². The molecule has 0 radical (unpaired) electrons. The van der Waals surface area contributed by atoms with Crippen LogP contribution in [0.4, 0.5) is 4.79 Å². The van der Waals surface area contributed by atoms with Gasteiger partial charge in [0.2, 0.25) is 0 Å². The summed E-state index contributed by atoms with van der Waals surface area (Å²) in [5, 5.41) is 0.913. The molecule has 1 fully saturated rings. The number of carbonyl (C=O) groups is 2. The fraction of sp³-hybridized carbons (Fsp3) is 0.250. The zero-order valence-electron chi connectivity index (χ0n) is 12.0. The van der Waals surface area contributed by atoms with Crippen LogP contribution in [0.3, 0.4) is 0 Å². The van der Waals surface area contributed by atoms with Gasteiger partial charge in [0.25, 0.3) is 11.1 Å². The van der Waals surface area contributed by atoms with Gasteiger partial charge in [-0.2, -0.15) is 0 Å². The van der Waals surface area contributed by atoms with Crippen LogP contribution >= 0.6 is 11.8 Å². The standard InChI is InChI=1S/C16H16N2O2S/c1-3-17-10-11(12-7-5-6-8-13(12)17)9-14-15(19)18(4-2)16(20)21-14/h5-10H,3-4H2,1-2H3/b14-9+. The van der Waals surface area contributed by atoms with Gasteiger partial charge < -0.3 is 4.57 Å². The number of para-hydroxylation sites is 1. The van der Waals surface area contributed by atoms with Crippen LogP contribution in [0.2, 0.25) is 0 Å². The van der Waals surface area contributed by atoms with Crippen LogP contribution in [0, 0.1) is 0 Å². The number of amides is 2. The maximum atomic E-state index is 12.2. The Balaban J connectivity index is 2.08. The Morgan fingerprint density at radius 3 is 2.57 bits per heavy atom. The highest BCUT2D eigenvalue weighted by atomic mass is 32.2. The lowest BCUT2D eigenvalue weighted by atomic mass is 10.1. The summed E-state index contributed by atoms with van der Waals surface area (Å²) >= 11 is 1.02. The first-order valence-corrected chi connectivity index (χ1v) is 7.80. The van der Waals surface area contributed by atoms with E-state index in [9.17, 15) is 9.59 Å². The lowest BCUT2D eigenvalue weighted by Gasteiger charge is -2.06. The summed E-state index contributed by atoms with van der Waals surface area (Å²) in [4.78, 5) is 25.7. The van der Waals surface area contributed by atoms with Crippen molar-refractivity contribution in [2.24, 2.45) is 0 Å². The lowest BCUT2D eigenvalue weighted by molar-refractivity contribution is -0.122. The quantitative estimate of drug-likeness (QED) is 0.811. The molecule has 0 saturated carbocycles. The first kappa shape index (κ1) is 13.9. The molecule has 5 heteroatoms. The van der Waals surface area contributed by atoms with Gasteiger partial charge in [0.05, 0.1) is 4.91 Å². The van der Waals surface area contributed by atoms with Gasteiger partial charge in [-0.05, 0) is 37.8 Å². The molecule has 2 heterocycles. The van der Waals surface area contributed by atoms with E-state index >= 15 is 0 Å². The number of imide groups is 1. The third-order valence-corrected chi connectivity index (χ3v) is 4.54. The number of aryl methyl sites for hydroxylation is 1. The molecule has 0 N–H and O–H groups in total. The monoisotopic (exact) mass is 300 g/mol. The van der Waals surface area contributed by atoms with Crippen LogP contribution in [0.15, 0.2) is 35.4 Å². The molecule has 0 aliphatic carbocycles. The fourth-order valence-corrected chi connectivity index (χ4v) is 3.46. The Hall–Kier alpha value is -2.01. The van der Waals surface area contributed by atoms with Gasteiger partial charge in [0.15, 0.2) is 0 Å². The van der Waals surface area contributed by atoms with Crippen LogP contribution < -0.4 is 0 Å². The number of aromatic nitrogens is 1. The Kier molecular flexibility index (Phi) is 3.59. The first-order chi connectivity index (χ1) is 10.2. The molecule has 0 atom stereocenters. The molecular formula is C16H16N2O2S. The third kappa shape index (κ3) is 2.27. The van der Waals surface area contributed by atoms with E-state index in [-0.39, 0.29) is 11.1 Å². The van der Waals surface area contributed by atoms with Crippen molar-refractivity contribution in [3.63, 3.8) is 0 Å². The lowest BCUT2D eigenvalue weighted by Crippen LogP contribution is -2.27. The zero-order chi connectivity index (χ0) is 15.0. The molecule has 21 heavy (non-hydrogen) atoms. The van der Waals surface area contributed by atoms with Crippen LogP contribution in [-0.2, 0) is 11.3 Å². The Morgan fingerprint density at radius 1 is 1.14 bits per heavy atom. The van der Waals surface area contributed by atoms with E-state index < -0.39 is 0 Å². The van der Waals surface area contributed by atoms with Crippen LogP contribution in [0.5, 0.6) is 0 Å². The molecule has 1 aromatic carbocycles. The van der Waals surface area contributed by atoms with Crippen molar-refractivity contribution in [2.45, 2.75) is 20.4 Å². The minimum atomic E-state index is -0.194. The van der Waals surface area contributed by atoms with Crippen molar-refractivity contribution in [3.8, 4) is 0 Å². The minimum Gasteiger partial charge on any atom is -0.347 e. The third-order valence-electron chi connectivity index (χ3n) is 3.64. The molecule has 0 spiro atoms. The highest BCUT2D eigenvalue weighted by molar-refractivity contribution is 8.18. The molecule has 2 amide bonds. The number of carbonyl (C=O) groups excluding carboxylic acids is 2. The summed E-state index contributed by atoms with van der Waals surface area (Å²) in [6, 6.07) is 8.09. The number of benzene rings is 1. The van der Waals surface area contributed by atoms with E-state index in [0.717, 1.165) is 34.8 Å². The minimum absolute atomic E-state index is 0.187. The second-order valence-electron chi connectivity index (χ2n) is 4.81. The van der Waals surface area contributed by atoms with E-state index in [0.29, 0.717) is 11.4 Å². The van der Waals surface area contributed by atoms with E-state index in [1.54, 1.807) is 0 Å². The number of nitrogens with zero attached hydrogens (tertiary/aromatic N) is 2. The molecule has 3 rings (SSSR count). The summed E-state index contributed by atoms with van der Waals surface area (Å²) < 4.78 is 2.14. The predicted octanol–water partition coefficient (Wildman–Crippen LogP) is 3.72. The summed E-state index contributed by atoms with van der Waals surface area (Å²) in [5.41, 5.74) is 2.12. The van der Waals surface area contributed by atoms with Crippen molar-refractivity contribution >= 4 is 39.9 Å². The molecule has 108 valence electrons. The SMILES string of the molecule is CCN1C(=O)S/C(=C/c2cn(CC)c3ccccc23)C1=O. The van der Waals surface area contributed by atoms with E-state index in [4.69, 9.17) is 0 Å². The zero-order valence-corrected chi connectivity index (χ0v) is 12.8. The van der Waals surface area contributed by atoms with Crippen molar-refractivity contribution in [1.29, 1.82) is 0 Å². The number of likely N-dealkylation sites (N-methyl/N-ethyl adjacent to an activating group) is 1. The van der Waals surface area contributed by atoms with Crippen molar-refractivity contribution in [3.05, 3.63) is 40.9 Å². The highest BCUT2D eigenvalue weighted by Crippen LogP contribution is 2.33. The largest absolute Gasteiger partial charge is 0.347 e. The maximum absolute atomic E-state index is 12.2. The number of hydrogen-bond acceptors (Lipinski definition) is 3. The summed E-state index contributed by atoms with van der Waals surface area (Å²) in [5.74, 6) is -0.194. The second-order valence-corrected chi connectivity index (χ2v) is 5.81. The predicted molar refractivity (Wildman–Crippen MR) is 86.0 cm³/mol. The van der Waals surface area contributed by atoms with Crippen molar-refractivity contribution < 1.29 is 9.59 Å². The van der Waals surface area contributed by atoms with Gasteiger partial charge in [-0.3, -0.25) is 14.5 Å². The number of hydrogen-bond donors (Lipinski definition) is 0. The molecule has 1 aliphatic heterocycles. The van der Waals surface area contributed by atoms with E-state index in [1.807, 2.05) is 37.4 Å².